The lowest BCUT2D eigenvalue weighted by Gasteiger charge is -2.34. The number of benzene rings is 2. The molecule has 3 fully saturated rings. The number of hydrogen-bond acceptors (Lipinski definition) is 6. The van der Waals surface area contributed by atoms with E-state index in [-0.39, 0.29) is 17.4 Å². The van der Waals surface area contributed by atoms with Gasteiger partial charge in [0.15, 0.2) is 0 Å². The van der Waals surface area contributed by atoms with Crippen LogP contribution in [0.15, 0.2) is 73.2 Å². The van der Waals surface area contributed by atoms with Crippen molar-refractivity contribution in [3.8, 4) is 0 Å². The summed E-state index contributed by atoms with van der Waals surface area (Å²) in [5.41, 5.74) is 3.67. The van der Waals surface area contributed by atoms with Crippen LogP contribution in [0, 0.1) is 5.41 Å². The number of carbonyl (C=O) groups is 4. The summed E-state index contributed by atoms with van der Waals surface area (Å²) < 4.78 is 1.98. The summed E-state index contributed by atoms with van der Waals surface area (Å²) >= 11 is 0. The van der Waals surface area contributed by atoms with Gasteiger partial charge in [0.25, 0.3) is 11.8 Å². The van der Waals surface area contributed by atoms with Crippen molar-refractivity contribution in [1.29, 1.82) is 0 Å². The summed E-state index contributed by atoms with van der Waals surface area (Å²) in [6, 6.07) is 14.8. The van der Waals surface area contributed by atoms with Crippen LogP contribution in [0.2, 0.25) is 0 Å². The van der Waals surface area contributed by atoms with Crippen molar-refractivity contribution >= 4 is 29.3 Å². The van der Waals surface area contributed by atoms with Crippen LogP contribution in [0.3, 0.4) is 0 Å². The summed E-state index contributed by atoms with van der Waals surface area (Å²) in [6.45, 7) is 5.65. The second-order valence-corrected chi connectivity index (χ2v) is 12.5. The largest absolute Gasteiger partial charge is 0.380 e. The highest BCUT2D eigenvalue weighted by molar-refractivity contribution is 6.25. The monoisotopic (exact) mass is 592 g/mol. The van der Waals surface area contributed by atoms with Gasteiger partial charge >= 0.3 is 0 Å². The molecule has 226 valence electrons. The number of imide groups is 1. The molecule has 1 unspecified atom stereocenters. The Balaban J connectivity index is 0.961. The second kappa shape index (κ2) is 11.1. The number of likely N-dealkylation sites (tertiary alicyclic amines) is 1. The molecule has 2 aromatic carbocycles. The van der Waals surface area contributed by atoms with Crippen molar-refractivity contribution in [2.45, 2.75) is 63.6 Å². The van der Waals surface area contributed by atoms with E-state index < -0.39 is 17.9 Å². The molecule has 1 aromatic heterocycles. The Kier molecular flexibility index (Phi) is 7.07. The van der Waals surface area contributed by atoms with E-state index in [9.17, 15) is 19.2 Å². The van der Waals surface area contributed by atoms with Gasteiger partial charge in [-0.2, -0.15) is 5.10 Å². The zero-order valence-corrected chi connectivity index (χ0v) is 24.6. The Morgan fingerprint density at radius 2 is 1.75 bits per heavy atom. The number of amides is 4. The summed E-state index contributed by atoms with van der Waals surface area (Å²) in [6.07, 6.45) is 9.14. The molecule has 4 heterocycles. The fraction of sp³-hybridized carbons (Fsp3) is 0.382. The van der Waals surface area contributed by atoms with Gasteiger partial charge in [-0.3, -0.25) is 28.8 Å². The van der Waals surface area contributed by atoms with Gasteiger partial charge in [0.05, 0.1) is 28.8 Å². The second-order valence-electron chi connectivity index (χ2n) is 12.5. The highest BCUT2D eigenvalue weighted by Crippen LogP contribution is 2.50. The molecular formula is C34H36N6O4. The fourth-order valence-corrected chi connectivity index (χ4v) is 6.88. The zero-order chi connectivity index (χ0) is 30.4. The molecule has 3 aliphatic heterocycles. The van der Waals surface area contributed by atoms with E-state index in [2.05, 4.69) is 34.4 Å². The average Bonchev–Trinajstić information content (AvgIpc) is 3.57. The quantitative estimate of drug-likeness (QED) is 0.381. The molecular weight excluding hydrogens is 556 g/mol. The molecule has 1 saturated carbocycles. The maximum atomic E-state index is 13.4. The first-order valence-electron chi connectivity index (χ1n) is 15.4. The third kappa shape index (κ3) is 5.08. The minimum atomic E-state index is -0.848. The van der Waals surface area contributed by atoms with Crippen molar-refractivity contribution in [2.75, 3.05) is 18.4 Å². The number of fused-ring (bicyclic) bond motifs is 1. The van der Waals surface area contributed by atoms with Crippen LogP contribution in [0.25, 0.3) is 0 Å². The molecule has 10 nitrogen and oxygen atoms in total. The maximum Gasteiger partial charge on any atom is 0.264 e. The first-order chi connectivity index (χ1) is 21.3. The van der Waals surface area contributed by atoms with Gasteiger partial charge in [-0.25, -0.2) is 0 Å². The number of anilines is 1. The van der Waals surface area contributed by atoms with Gasteiger partial charge in [0.1, 0.15) is 6.04 Å². The number of nitrogens with one attached hydrogen (secondary N) is 2. The van der Waals surface area contributed by atoms with E-state index in [0.717, 1.165) is 55.7 Å². The first kappa shape index (κ1) is 28.1. The molecule has 10 heteroatoms. The topological polar surface area (TPSA) is 117 Å². The van der Waals surface area contributed by atoms with Crippen LogP contribution in [0.5, 0.6) is 0 Å². The normalized spacial score (nSPS) is 21.3. The van der Waals surface area contributed by atoms with Crippen LogP contribution in [0.4, 0.5) is 5.69 Å². The van der Waals surface area contributed by atoms with Crippen molar-refractivity contribution in [3.05, 3.63) is 95.5 Å². The van der Waals surface area contributed by atoms with Gasteiger partial charge < -0.3 is 15.5 Å². The highest BCUT2D eigenvalue weighted by Gasteiger charge is 2.51. The molecule has 7 rings (SSSR count). The number of carbonyl (C=O) groups excluding carboxylic acids is 4. The lowest BCUT2D eigenvalue weighted by atomic mass is 9.93. The third-order valence-corrected chi connectivity index (χ3v) is 9.54. The first-order valence-corrected chi connectivity index (χ1v) is 15.4. The molecule has 4 amide bonds. The fourth-order valence-electron chi connectivity index (χ4n) is 6.88. The molecule has 2 saturated heterocycles. The van der Waals surface area contributed by atoms with E-state index in [4.69, 9.17) is 0 Å². The van der Waals surface area contributed by atoms with Crippen molar-refractivity contribution < 1.29 is 19.2 Å². The van der Waals surface area contributed by atoms with Gasteiger partial charge in [-0.05, 0) is 62.6 Å². The predicted octanol–water partition coefficient (Wildman–Crippen LogP) is 4.07. The number of nitrogens with zero attached hydrogens (tertiary/aromatic N) is 4. The van der Waals surface area contributed by atoms with Crippen molar-refractivity contribution in [1.82, 2.24) is 24.9 Å². The molecule has 0 spiro atoms. The Morgan fingerprint density at radius 3 is 2.48 bits per heavy atom. The number of aromatic nitrogens is 2. The predicted molar refractivity (Wildman–Crippen MR) is 163 cm³/mol. The number of hydrogen-bond donors (Lipinski definition) is 2. The van der Waals surface area contributed by atoms with E-state index in [1.807, 2.05) is 40.2 Å². The van der Waals surface area contributed by atoms with Crippen LogP contribution >= 0.6 is 0 Å². The summed E-state index contributed by atoms with van der Waals surface area (Å²) in [7, 11) is 0. The van der Waals surface area contributed by atoms with Crippen LogP contribution in [-0.4, -0.2) is 62.3 Å². The summed E-state index contributed by atoms with van der Waals surface area (Å²) in [5.74, 6) is -1.00. The van der Waals surface area contributed by atoms with Gasteiger partial charge in [0, 0.05) is 42.8 Å². The van der Waals surface area contributed by atoms with Crippen LogP contribution in [0.1, 0.15) is 76.4 Å². The SMILES string of the molecule is C=C1CCC(N2C(=O)c3cccc(NCc4cnn(C5CCN(C(=O)C6(Cc7ccccc7)CC6)CC5)c4)c3C2=O)C(=O)N1. The highest BCUT2D eigenvalue weighted by atomic mass is 16.2. The zero-order valence-electron chi connectivity index (χ0n) is 24.6. The maximum absolute atomic E-state index is 13.4. The van der Waals surface area contributed by atoms with E-state index in [0.29, 0.717) is 47.8 Å². The molecule has 44 heavy (non-hydrogen) atoms. The third-order valence-electron chi connectivity index (χ3n) is 9.54. The Morgan fingerprint density at radius 1 is 0.977 bits per heavy atom. The molecule has 0 bridgehead atoms. The molecule has 1 aliphatic carbocycles. The Bertz CT molecular complexity index is 1650. The number of allylic oxidation sites excluding steroid dienone is 1. The van der Waals surface area contributed by atoms with Gasteiger partial charge in [-0.15, -0.1) is 0 Å². The van der Waals surface area contributed by atoms with Gasteiger partial charge in [0.2, 0.25) is 11.8 Å². The summed E-state index contributed by atoms with van der Waals surface area (Å²) in [5, 5.41) is 10.6. The van der Waals surface area contributed by atoms with Gasteiger partial charge in [-0.1, -0.05) is 43.0 Å². The van der Waals surface area contributed by atoms with Crippen LogP contribution in [-0.2, 0) is 22.6 Å². The lowest BCUT2D eigenvalue weighted by molar-refractivity contribution is -0.138. The lowest BCUT2D eigenvalue weighted by Crippen LogP contribution is -2.51. The molecule has 1 atom stereocenters. The van der Waals surface area contributed by atoms with E-state index in [1.54, 1.807) is 18.2 Å². The van der Waals surface area contributed by atoms with Crippen molar-refractivity contribution in [2.24, 2.45) is 5.41 Å². The summed E-state index contributed by atoms with van der Waals surface area (Å²) in [4.78, 5) is 55.7. The minimum Gasteiger partial charge on any atom is -0.380 e. The smallest absolute Gasteiger partial charge is 0.264 e. The molecule has 2 N–H and O–H groups in total. The molecule has 0 radical (unpaired) electrons. The molecule has 4 aliphatic rings. The van der Waals surface area contributed by atoms with E-state index >= 15 is 0 Å². The van der Waals surface area contributed by atoms with Crippen molar-refractivity contribution in [3.63, 3.8) is 0 Å². The van der Waals surface area contributed by atoms with E-state index in [1.165, 1.54) is 5.56 Å². The number of rotatable bonds is 8. The Hall–Kier alpha value is -4.73. The Labute approximate surface area is 256 Å². The number of piperidine rings is 2. The van der Waals surface area contributed by atoms with Crippen LogP contribution < -0.4 is 10.6 Å². The average molecular weight is 593 g/mol. The standard InChI is InChI=1S/C34H36N6O4/c1-22-10-11-28(30(41)37-22)40-31(42)26-8-5-9-27(29(26)32(40)43)35-19-24-20-36-39(21-24)25-12-16-38(17-13-25)33(44)34(14-15-34)18-23-6-3-2-4-7-23/h2-9,20-21,25,28,35H,1,10-19H2,(H,37,41). The molecule has 3 aromatic rings. The minimum absolute atomic E-state index is 0.212.